The number of rotatable bonds is 2. The van der Waals surface area contributed by atoms with Gasteiger partial charge in [0.2, 0.25) is 17.8 Å². The van der Waals surface area contributed by atoms with Crippen molar-refractivity contribution in [3.05, 3.63) is 29.3 Å². The minimum Gasteiger partial charge on any atom is -0.334 e. The molecule has 2 heterocycles. The lowest BCUT2D eigenvalue weighted by molar-refractivity contribution is -0.149. The summed E-state index contributed by atoms with van der Waals surface area (Å²) in [6.45, 7) is 4.24. The second-order valence-electron chi connectivity index (χ2n) is 5.65. The van der Waals surface area contributed by atoms with E-state index < -0.39 is 5.41 Å². The first-order valence-electron chi connectivity index (χ1n) is 7.14. The Kier molecular flexibility index (Phi) is 3.56. The maximum Gasteiger partial charge on any atom is 0.246 e. The Hall–Kier alpha value is -2.08. The van der Waals surface area contributed by atoms with Crippen LogP contribution in [0.4, 0.5) is 5.69 Å². The van der Waals surface area contributed by atoms with E-state index in [4.69, 9.17) is 11.6 Å². The highest BCUT2D eigenvalue weighted by Gasteiger charge is 2.49. The first-order valence-corrected chi connectivity index (χ1v) is 7.52. The average molecular weight is 321 g/mol. The SMILES string of the molecule is CCC1(C)C(=O)NC2=NCN(c3ccc(Cl)cc3)CN2C1=O. The van der Waals surface area contributed by atoms with Gasteiger partial charge >= 0.3 is 0 Å². The fraction of sp³-hybridized carbons (Fsp3) is 0.400. The second-order valence-corrected chi connectivity index (χ2v) is 6.09. The summed E-state index contributed by atoms with van der Waals surface area (Å²) >= 11 is 5.90. The van der Waals surface area contributed by atoms with Crippen LogP contribution in [0.2, 0.25) is 5.02 Å². The fourth-order valence-electron chi connectivity index (χ4n) is 2.55. The molecular formula is C15H17ClN4O2. The molecule has 1 N–H and O–H groups in total. The van der Waals surface area contributed by atoms with Crippen molar-refractivity contribution in [3.63, 3.8) is 0 Å². The third-order valence-electron chi connectivity index (χ3n) is 4.30. The van der Waals surface area contributed by atoms with Crippen molar-refractivity contribution in [2.24, 2.45) is 10.4 Å². The van der Waals surface area contributed by atoms with E-state index in [0.717, 1.165) is 5.69 Å². The number of hydrogen-bond acceptors (Lipinski definition) is 4. The standard InChI is InChI=1S/C15H17ClN4O2/c1-3-15(2)12(21)18-14-17-8-19(9-20(14)13(15)22)11-6-4-10(16)5-7-11/h4-7H,3,8-9H2,1-2H3,(H,17,18,21). The Labute approximate surface area is 133 Å². The van der Waals surface area contributed by atoms with Gasteiger partial charge in [-0.1, -0.05) is 18.5 Å². The first kappa shape index (κ1) is 14.8. The van der Waals surface area contributed by atoms with E-state index in [-0.39, 0.29) is 11.8 Å². The molecule has 0 spiro atoms. The molecular weight excluding hydrogens is 304 g/mol. The molecule has 0 radical (unpaired) electrons. The molecule has 0 aliphatic carbocycles. The highest BCUT2D eigenvalue weighted by Crippen LogP contribution is 2.30. The zero-order chi connectivity index (χ0) is 15.9. The summed E-state index contributed by atoms with van der Waals surface area (Å²) in [6.07, 6.45) is 0.447. The van der Waals surface area contributed by atoms with Gasteiger partial charge in [0.1, 0.15) is 18.8 Å². The maximum absolute atomic E-state index is 12.7. The highest BCUT2D eigenvalue weighted by atomic mass is 35.5. The Balaban J connectivity index is 1.89. The number of amides is 2. The van der Waals surface area contributed by atoms with Crippen molar-refractivity contribution in [2.75, 3.05) is 18.2 Å². The van der Waals surface area contributed by atoms with Crippen molar-refractivity contribution in [3.8, 4) is 0 Å². The number of guanidine groups is 1. The molecule has 0 saturated carbocycles. The number of fused-ring (bicyclic) bond motifs is 1. The molecule has 0 aromatic heterocycles. The molecule has 0 bridgehead atoms. The van der Waals surface area contributed by atoms with E-state index in [0.29, 0.717) is 30.7 Å². The van der Waals surface area contributed by atoms with Crippen LogP contribution < -0.4 is 10.2 Å². The lowest BCUT2D eigenvalue weighted by Crippen LogP contribution is -2.66. The summed E-state index contributed by atoms with van der Waals surface area (Å²) < 4.78 is 0. The summed E-state index contributed by atoms with van der Waals surface area (Å²) in [5.74, 6) is -0.155. The van der Waals surface area contributed by atoms with E-state index in [9.17, 15) is 9.59 Å². The minimum atomic E-state index is -1.04. The molecule has 1 aromatic rings. The summed E-state index contributed by atoms with van der Waals surface area (Å²) in [5, 5.41) is 3.40. The monoisotopic (exact) mass is 320 g/mol. The van der Waals surface area contributed by atoms with Crippen molar-refractivity contribution in [1.82, 2.24) is 10.2 Å². The van der Waals surface area contributed by atoms with E-state index in [1.807, 2.05) is 24.0 Å². The van der Waals surface area contributed by atoms with Crippen LogP contribution in [0.15, 0.2) is 29.3 Å². The Morgan fingerprint density at radius 1 is 1.32 bits per heavy atom. The third kappa shape index (κ3) is 2.23. The van der Waals surface area contributed by atoms with Crippen LogP contribution in [0.1, 0.15) is 20.3 Å². The van der Waals surface area contributed by atoms with Gasteiger partial charge in [0.25, 0.3) is 0 Å². The van der Waals surface area contributed by atoms with Crippen LogP contribution >= 0.6 is 11.6 Å². The van der Waals surface area contributed by atoms with E-state index >= 15 is 0 Å². The second kappa shape index (κ2) is 5.28. The molecule has 22 heavy (non-hydrogen) atoms. The molecule has 1 aromatic carbocycles. The summed E-state index contributed by atoms with van der Waals surface area (Å²) in [7, 11) is 0. The lowest BCUT2D eigenvalue weighted by atomic mass is 9.83. The number of hydrogen-bond donors (Lipinski definition) is 1. The van der Waals surface area contributed by atoms with Crippen molar-refractivity contribution in [1.29, 1.82) is 0 Å². The first-order chi connectivity index (χ1) is 10.5. The molecule has 2 aliphatic rings. The van der Waals surface area contributed by atoms with E-state index in [2.05, 4.69) is 10.3 Å². The average Bonchev–Trinajstić information content (AvgIpc) is 2.53. The van der Waals surface area contributed by atoms with Crippen LogP contribution in [-0.2, 0) is 9.59 Å². The normalized spacial score (nSPS) is 24.8. The number of carbonyl (C=O) groups excluding carboxylic acids is 2. The van der Waals surface area contributed by atoms with Gasteiger partial charge in [-0.3, -0.25) is 19.8 Å². The Morgan fingerprint density at radius 2 is 2.00 bits per heavy atom. The molecule has 2 aliphatic heterocycles. The predicted octanol–water partition coefficient (Wildman–Crippen LogP) is 1.81. The van der Waals surface area contributed by atoms with Crippen LogP contribution in [0.5, 0.6) is 0 Å². The minimum absolute atomic E-state index is 0.212. The largest absolute Gasteiger partial charge is 0.334 e. The molecule has 1 unspecified atom stereocenters. The van der Waals surface area contributed by atoms with Crippen LogP contribution in [-0.4, -0.2) is 36.0 Å². The number of carbonyl (C=O) groups is 2. The molecule has 6 nitrogen and oxygen atoms in total. The lowest BCUT2D eigenvalue weighted by Gasteiger charge is -2.43. The van der Waals surface area contributed by atoms with E-state index in [1.54, 1.807) is 19.1 Å². The number of aliphatic imine (C=N–C) groups is 1. The summed E-state index contributed by atoms with van der Waals surface area (Å²) in [5.41, 5.74) is -0.114. The number of anilines is 1. The van der Waals surface area contributed by atoms with Gasteiger partial charge in [-0.05, 0) is 37.6 Å². The van der Waals surface area contributed by atoms with Gasteiger partial charge in [0, 0.05) is 10.7 Å². The molecule has 7 heteroatoms. The molecule has 116 valence electrons. The van der Waals surface area contributed by atoms with Gasteiger partial charge in [-0.25, -0.2) is 4.99 Å². The van der Waals surface area contributed by atoms with Crippen molar-refractivity contribution >= 4 is 35.1 Å². The summed E-state index contributed by atoms with van der Waals surface area (Å²) in [6, 6.07) is 7.36. The molecule has 1 atom stereocenters. The molecule has 2 amide bonds. The topological polar surface area (TPSA) is 65.0 Å². The van der Waals surface area contributed by atoms with Crippen molar-refractivity contribution in [2.45, 2.75) is 20.3 Å². The van der Waals surface area contributed by atoms with Crippen LogP contribution in [0.3, 0.4) is 0 Å². The molecule has 1 saturated heterocycles. The third-order valence-corrected chi connectivity index (χ3v) is 4.55. The van der Waals surface area contributed by atoms with Gasteiger partial charge in [-0.15, -0.1) is 0 Å². The van der Waals surface area contributed by atoms with Gasteiger partial charge in [-0.2, -0.15) is 0 Å². The summed E-state index contributed by atoms with van der Waals surface area (Å²) in [4.78, 5) is 32.6. The van der Waals surface area contributed by atoms with E-state index in [1.165, 1.54) is 4.90 Å². The predicted molar refractivity (Wildman–Crippen MR) is 84.5 cm³/mol. The fourth-order valence-corrected chi connectivity index (χ4v) is 2.67. The van der Waals surface area contributed by atoms with Crippen LogP contribution in [0.25, 0.3) is 0 Å². The van der Waals surface area contributed by atoms with Crippen molar-refractivity contribution < 1.29 is 9.59 Å². The van der Waals surface area contributed by atoms with Gasteiger partial charge in [0.05, 0.1) is 0 Å². The van der Waals surface area contributed by atoms with Gasteiger partial charge in [0.15, 0.2) is 0 Å². The molecule has 3 rings (SSSR count). The number of nitrogens with zero attached hydrogens (tertiary/aromatic N) is 3. The maximum atomic E-state index is 12.7. The highest BCUT2D eigenvalue weighted by molar-refractivity contribution is 6.30. The Bertz CT molecular complexity index is 658. The zero-order valence-corrected chi connectivity index (χ0v) is 13.2. The molecule has 1 fully saturated rings. The number of benzene rings is 1. The number of halogens is 1. The van der Waals surface area contributed by atoms with Crippen LogP contribution in [0, 0.1) is 5.41 Å². The zero-order valence-electron chi connectivity index (χ0n) is 12.5. The smallest absolute Gasteiger partial charge is 0.246 e. The van der Waals surface area contributed by atoms with Gasteiger partial charge < -0.3 is 4.90 Å². The Morgan fingerprint density at radius 3 is 2.64 bits per heavy atom. The quantitative estimate of drug-likeness (QED) is 0.845. The number of nitrogens with one attached hydrogen (secondary N) is 1.